The Kier molecular flexibility index (Phi) is 3.73. The van der Waals surface area contributed by atoms with E-state index in [1.165, 1.54) is 0 Å². The molecular weight excluding hydrogens is 214 g/mol. The molecule has 1 heterocycles. The molecule has 0 radical (unpaired) electrons. The van der Waals surface area contributed by atoms with Crippen LogP contribution in [0.15, 0.2) is 48.7 Å². The van der Waals surface area contributed by atoms with Crippen LogP contribution in [-0.4, -0.2) is 10.1 Å². The average molecular weight is 229 g/mol. The van der Waals surface area contributed by atoms with Gasteiger partial charge in [0.25, 0.3) is 0 Å². The molecule has 1 aromatic heterocycles. The van der Waals surface area contributed by atoms with Crippen LogP contribution in [0.3, 0.4) is 0 Å². The number of aliphatic hydroxyl groups is 1. The van der Waals surface area contributed by atoms with Crippen molar-refractivity contribution in [1.82, 2.24) is 4.98 Å². The van der Waals surface area contributed by atoms with Gasteiger partial charge in [0, 0.05) is 12.3 Å². The molecule has 0 amide bonds. The van der Waals surface area contributed by atoms with Gasteiger partial charge in [0.1, 0.15) is 5.75 Å². The highest BCUT2D eigenvalue weighted by atomic mass is 16.5. The minimum Gasteiger partial charge on any atom is -0.439 e. The molecule has 2 aromatic rings. The number of benzene rings is 1. The molecule has 3 heteroatoms. The summed E-state index contributed by atoms with van der Waals surface area (Å²) < 4.78 is 5.55. The van der Waals surface area contributed by atoms with Crippen LogP contribution < -0.4 is 4.74 Å². The highest BCUT2D eigenvalue weighted by Gasteiger charge is 2.05. The predicted molar refractivity (Wildman–Crippen MR) is 66.0 cm³/mol. The van der Waals surface area contributed by atoms with E-state index >= 15 is 0 Å². The van der Waals surface area contributed by atoms with Gasteiger partial charge < -0.3 is 9.84 Å². The molecule has 17 heavy (non-hydrogen) atoms. The standard InChI is InChI=1S/C14H15NO2/c1-2-13(16)11-8-9-14(15-10-11)17-12-6-4-3-5-7-12/h3-10,13,16H,2H2,1H3/t13-/m1/s1. The number of rotatable bonds is 4. The van der Waals surface area contributed by atoms with Crippen molar-refractivity contribution in [2.24, 2.45) is 0 Å². The predicted octanol–water partition coefficient (Wildman–Crippen LogP) is 3.32. The Bertz CT molecular complexity index is 453. The van der Waals surface area contributed by atoms with E-state index in [1.54, 1.807) is 12.3 Å². The Balaban J connectivity index is 2.08. The number of hydrogen-bond acceptors (Lipinski definition) is 3. The van der Waals surface area contributed by atoms with Crippen molar-refractivity contribution in [2.75, 3.05) is 0 Å². The van der Waals surface area contributed by atoms with Crippen molar-refractivity contribution in [3.63, 3.8) is 0 Å². The first-order valence-electron chi connectivity index (χ1n) is 5.66. The van der Waals surface area contributed by atoms with E-state index in [2.05, 4.69) is 4.98 Å². The minimum atomic E-state index is -0.451. The van der Waals surface area contributed by atoms with Gasteiger partial charge in [-0.2, -0.15) is 0 Å². The van der Waals surface area contributed by atoms with E-state index in [4.69, 9.17) is 4.74 Å². The zero-order valence-corrected chi connectivity index (χ0v) is 9.71. The van der Waals surface area contributed by atoms with E-state index < -0.39 is 6.10 Å². The average Bonchev–Trinajstić information content (AvgIpc) is 2.40. The third kappa shape index (κ3) is 3.04. The third-order valence-corrected chi connectivity index (χ3v) is 2.50. The summed E-state index contributed by atoms with van der Waals surface area (Å²) in [6.07, 6.45) is 1.88. The zero-order chi connectivity index (χ0) is 12.1. The largest absolute Gasteiger partial charge is 0.439 e. The summed E-state index contributed by atoms with van der Waals surface area (Å²) in [5, 5.41) is 9.63. The van der Waals surface area contributed by atoms with Gasteiger partial charge >= 0.3 is 0 Å². The zero-order valence-electron chi connectivity index (χ0n) is 9.71. The molecular formula is C14H15NO2. The fourth-order valence-corrected chi connectivity index (χ4v) is 1.49. The van der Waals surface area contributed by atoms with E-state index in [0.29, 0.717) is 12.3 Å². The summed E-state index contributed by atoms with van der Waals surface area (Å²) in [4.78, 5) is 4.16. The van der Waals surface area contributed by atoms with Gasteiger partial charge in [-0.3, -0.25) is 0 Å². The highest BCUT2D eigenvalue weighted by Crippen LogP contribution is 2.21. The van der Waals surface area contributed by atoms with Crippen molar-refractivity contribution in [3.05, 3.63) is 54.2 Å². The fraction of sp³-hybridized carbons (Fsp3) is 0.214. The summed E-state index contributed by atoms with van der Waals surface area (Å²) in [6, 6.07) is 13.1. The molecule has 0 saturated heterocycles. The Labute approximate surface area is 101 Å². The van der Waals surface area contributed by atoms with E-state index in [1.807, 2.05) is 43.3 Å². The highest BCUT2D eigenvalue weighted by molar-refractivity contribution is 5.27. The number of nitrogens with zero attached hydrogens (tertiary/aromatic N) is 1. The molecule has 0 aliphatic rings. The first-order chi connectivity index (χ1) is 8.29. The van der Waals surface area contributed by atoms with Gasteiger partial charge in [0.15, 0.2) is 0 Å². The van der Waals surface area contributed by atoms with Crippen LogP contribution in [0.5, 0.6) is 11.6 Å². The van der Waals surface area contributed by atoms with Crippen molar-refractivity contribution in [3.8, 4) is 11.6 Å². The van der Waals surface area contributed by atoms with Crippen LogP contribution in [0, 0.1) is 0 Å². The van der Waals surface area contributed by atoms with Gasteiger partial charge in [0.05, 0.1) is 6.10 Å². The molecule has 0 fully saturated rings. The Morgan fingerprint density at radius 1 is 1.18 bits per heavy atom. The molecule has 1 aromatic carbocycles. The molecule has 0 aliphatic carbocycles. The lowest BCUT2D eigenvalue weighted by atomic mass is 10.1. The Hall–Kier alpha value is -1.87. The molecule has 1 atom stereocenters. The van der Waals surface area contributed by atoms with Crippen LogP contribution >= 0.6 is 0 Å². The lowest BCUT2D eigenvalue weighted by molar-refractivity contribution is 0.173. The van der Waals surface area contributed by atoms with Gasteiger partial charge in [-0.1, -0.05) is 25.1 Å². The first-order valence-corrected chi connectivity index (χ1v) is 5.66. The van der Waals surface area contributed by atoms with Gasteiger partial charge in [-0.15, -0.1) is 0 Å². The molecule has 3 nitrogen and oxygen atoms in total. The number of aromatic nitrogens is 1. The maximum absolute atomic E-state index is 9.63. The van der Waals surface area contributed by atoms with E-state index in [-0.39, 0.29) is 0 Å². The van der Waals surface area contributed by atoms with Crippen molar-refractivity contribution in [2.45, 2.75) is 19.4 Å². The van der Waals surface area contributed by atoms with Crippen LogP contribution in [0.1, 0.15) is 25.0 Å². The Morgan fingerprint density at radius 2 is 1.94 bits per heavy atom. The Morgan fingerprint density at radius 3 is 2.53 bits per heavy atom. The second-order valence-electron chi connectivity index (χ2n) is 3.77. The number of hydrogen-bond donors (Lipinski definition) is 1. The maximum atomic E-state index is 9.63. The first kappa shape index (κ1) is 11.6. The van der Waals surface area contributed by atoms with Gasteiger partial charge in [-0.05, 0) is 30.2 Å². The van der Waals surface area contributed by atoms with Crippen LogP contribution in [0.4, 0.5) is 0 Å². The smallest absolute Gasteiger partial charge is 0.219 e. The molecule has 1 N–H and O–H groups in total. The summed E-state index contributed by atoms with van der Waals surface area (Å²) in [7, 11) is 0. The lowest BCUT2D eigenvalue weighted by Crippen LogP contribution is -1.96. The van der Waals surface area contributed by atoms with Crippen LogP contribution in [-0.2, 0) is 0 Å². The number of pyridine rings is 1. The summed E-state index contributed by atoms with van der Waals surface area (Å²) >= 11 is 0. The number of aliphatic hydroxyl groups excluding tert-OH is 1. The second kappa shape index (κ2) is 5.46. The minimum absolute atomic E-state index is 0.451. The summed E-state index contributed by atoms with van der Waals surface area (Å²) in [5.74, 6) is 1.28. The van der Waals surface area contributed by atoms with Crippen molar-refractivity contribution < 1.29 is 9.84 Å². The lowest BCUT2D eigenvalue weighted by Gasteiger charge is -2.08. The normalized spacial score (nSPS) is 12.1. The molecule has 0 bridgehead atoms. The second-order valence-corrected chi connectivity index (χ2v) is 3.77. The van der Waals surface area contributed by atoms with Crippen LogP contribution in [0.25, 0.3) is 0 Å². The number of para-hydroxylation sites is 1. The third-order valence-electron chi connectivity index (χ3n) is 2.50. The number of ether oxygens (including phenoxy) is 1. The summed E-state index contributed by atoms with van der Waals surface area (Å²) in [6.45, 7) is 1.93. The van der Waals surface area contributed by atoms with Gasteiger partial charge in [0.2, 0.25) is 5.88 Å². The van der Waals surface area contributed by atoms with E-state index in [9.17, 15) is 5.11 Å². The van der Waals surface area contributed by atoms with Crippen molar-refractivity contribution >= 4 is 0 Å². The fourth-order valence-electron chi connectivity index (χ4n) is 1.49. The molecule has 2 rings (SSSR count). The topological polar surface area (TPSA) is 42.4 Å². The van der Waals surface area contributed by atoms with Crippen molar-refractivity contribution in [1.29, 1.82) is 0 Å². The quantitative estimate of drug-likeness (QED) is 0.874. The SMILES string of the molecule is CC[C@@H](O)c1ccc(Oc2ccccc2)nc1. The summed E-state index contributed by atoms with van der Waals surface area (Å²) in [5.41, 5.74) is 0.813. The van der Waals surface area contributed by atoms with Gasteiger partial charge in [-0.25, -0.2) is 4.98 Å². The molecule has 0 unspecified atom stereocenters. The molecule has 88 valence electrons. The molecule has 0 saturated carbocycles. The monoisotopic (exact) mass is 229 g/mol. The molecule has 0 aliphatic heterocycles. The van der Waals surface area contributed by atoms with E-state index in [0.717, 1.165) is 11.3 Å². The maximum Gasteiger partial charge on any atom is 0.219 e. The van der Waals surface area contributed by atoms with Crippen LogP contribution in [0.2, 0.25) is 0 Å². The molecule has 0 spiro atoms.